The van der Waals surface area contributed by atoms with Crippen molar-refractivity contribution in [2.24, 2.45) is 5.73 Å². The Bertz CT molecular complexity index is 646. The first kappa shape index (κ1) is 13.3. The van der Waals surface area contributed by atoms with Crippen LogP contribution in [-0.2, 0) is 19.3 Å². The van der Waals surface area contributed by atoms with E-state index in [1.54, 1.807) is 6.07 Å². The second-order valence-corrected chi connectivity index (χ2v) is 4.86. The summed E-state index contributed by atoms with van der Waals surface area (Å²) in [6.45, 7) is 0.819. The maximum atomic E-state index is 12.8. The first-order valence-electron chi connectivity index (χ1n) is 6.44. The van der Waals surface area contributed by atoms with Gasteiger partial charge >= 0.3 is 6.18 Å². The quantitative estimate of drug-likeness (QED) is 0.943. The third kappa shape index (κ3) is 2.14. The summed E-state index contributed by atoms with van der Waals surface area (Å²) >= 11 is 0. The van der Waals surface area contributed by atoms with Gasteiger partial charge in [0.2, 0.25) is 0 Å². The molecule has 0 fully saturated rings. The number of nitrogens with two attached hydrogens (primary N) is 1. The number of furan rings is 1. The van der Waals surface area contributed by atoms with Crippen LogP contribution in [0.1, 0.15) is 16.7 Å². The zero-order valence-electron chi connectivity index (χ0n) is 10.7. The van der Waals surface area contributed by atoms with Crippen LogP contribution in [0.3, 0.4) is 0 Å². The van der Waals surface area contributed by atoms with E-state index >= 15 is 0 Å². The maximum absolute atomic E-state index is 12.8. The van der Waals surface area contributed by atoms with Crippen molar-refractivity contribution in [2.75, 3.05) is 13.2 Å². The molecule has 1 aromatic carbocycles. The van der Waals surface area contributed by atoms with Gasteiger partial charge in [0.1, 0.15) is 11.3 Å². The van der Waals surface area contributed by atoms with Gasteiger partial charge < -0.3 is 14.9 Å². The van der Waals surface area contributed by atoms with E-state index in [0.717, 1.165) is 5.56 Å². The number of hydrogen-bond donors (Lipinski definition) is 1. The molecule has 1 aliphatic rings. The highest BCUT2D eigenvalue weighted by Gasteiger charge is 2.34. The molecule has 1 aromatic heterocycles. The Morgan fingerprint density at radius 1 is 1.25 bits per heavy atom. The Balaban J connectivity index is 2.25. The van der Waals surface area contributed by atoms with Crippen LogP contribution in [0.5, 0.6) is 5.75 Å². The summed E-state index contributed by atoms with van der Waals surface area (Å²) in [6.07, 6.45) is -2.81. The van der Waals surface area contributed by atoms with E-state index in [9.17, 15) is 13.2 Å². The zero-order chi connectivity index (χ0) is 14.3. The number of alkyl halides is 3. The van der Waals surface area contributed by atoms with Crippen molar-refractivity contribution in [3.05, 3.63) is 29.0 Å². The third-order valence-corrected chi connectivity index (χ3v) is 3.55. The molecule has 0 bridgehead atoms. The highest BCUT2D eigenvalue weighted by atomic mass is 19.4. The smallest absolute Gasteiger partial charge is 0.393 e. The van der Waals surface area contributed by atoms with Crippen molar-refractivity contribution in [3.8, 4) is 5.75 Å². The summed E-state index contributed by atoms with van der Waals surface area (Å²) in [4.78, 5) is 0. The van der Waals surface area contributed by atoms with Crippen molar-refractivity contribution >= 4 is 11.0 Å². The van der Waals surface area contributed by atoms with Crippen molar-refractivity contribution in [2.45, 2.75) is 25.4 Å². The highest BCUT2D eigenvalue weighted by molar-refractivity contribution is 5.88. The van der Waals surface area contributed by atoms with Gasteiger partial charge in [0.05, 0.1) is 19.3 Å². The predicted octanol–water partition coefficient (Wildman–Crippen LogP) is 2.97. The summed E-state index contributed by atoms with van der Waals surface area (Å²) in [5.41, 5.74) is 7.58. The minimum Gasteiger partial charge on any atom is -0.493 e. The maximum Gasteiger partial charge on any atom is 0.393 e. The van der Waals surface area contributed by atoms with Crippen LogP contribution in [-0.4, -0.2) is 19.3 Å². The first-order chi connectivity index (χ1) is 9.51. The lowest BCUT2D eigenvalue weighted by atomic mass is 9.94. The monoisotopic (exact) mass is 285 g/mol. The molecule has 2 N–H and O–H groups in total. The molecule has 0 spiro atoms. The van der Waals surface area contributed by atoms with Gasteiger partial charge in [0.25, 0.3) is 0 Å². The minimum atomic E-state index is -4.27. The molecule has 0 amide bonds. The van der Waals surface area contributed by atoms with E-state index in [4.69, 9.17) is 14.9 Å². The van der Waals surface area contributed by atoms with E-state index in [2.05, 4.69) is 0 Å². The molecule has 2 heterocycles. The zero-order valence-corrected chi connectivity index (χ0v) is 10.7. The number of halogens is 3. The molecule has 3 nitrogen and oxygen atoms in total. The third-order valence-electron chi connectivity index (χ3n) is 3.55. The van der Waals surface area contributed by atoms with Crippen LogP contribution in [0.4, 0.5) is 13.2 Å². The summed E-state index contributed by atoms with van der Waals surface area (Å²) in [6, 6.07) is 1.68. The van der Waals surface area contributed by atoms with Crippen molar-refractivity contribution in [3.63, 3.8) is 0 Å². The first-order valence-corrected chi connectivity index (χ1v) is 6.44. The molecule has 6 heteroatoms. The molecular formula is C14H14F3NO2. The van der Waals surface area contributed by atoms with Crippen molar-refractivity contribution in [1.29, 1.82) is 0 Å². The van der Waals surface area contributed by atoms with Crippen LogP contribution in [0.2, 0.25) is 0 Å². The highest BCUT2D eigenvalue weighted by Crippen LogP contribution is 2.42. The Labute approximate surface area is 113 Å². The van der Waals surface area contributed by atoms with Crippen LogP contribution >= 0.6 is 0 Å². The Morgan fingerprint density at radius 3 is 2.75 bits per heavy atom. The number of hydrogen-bond acceptors (Lipinski definition) is 3. The van der Waals surface area contributed by atoms with Gasteiger partial charge in [-0.1, -0.05) is 0 Å². The SMILES string of the molecule is NCCc1c2c(c(CC(F)(F)F)c3occc13)CCO2. The van der Waals surface area contributed by atoms with Crippen LogP contribution in [0.15, 0.2) is 16.7 Å². The van der Waals surface area contributed by atoms with Crippen molar-refractivity contribution in [1.82, 2.24) is 0 Å². The number of fused-ring (bicyclic) bond motifs is 2. The van der Waals surface area contributed by atoms with Gasteiger partial charge in [-0.2, -0.15) is 13.2 Å². The summed E-state index contributed by atoms with van der Waals surface area (Å²) < 4.78 is 49.2. The normalized spacial score (nSPS) is 14.6. The average molecular weight is 285 g/mol. The molecule has 3 rings (SSSR count). The lowest BCUT2D eigenvalue weighted by Gasteiger charge is -2.14. The molecule has 0 atom stereocenters. The van der Waals surface area contributed by atoms with Gasteiger partial charge in [-0.25, -0.2) is 0 Å². The van der Waals surface area contributed by atoms with Crippen LogP contribution in [0.25, 0.3) is 11.0 Å². The summed E-state index contributed by atoms with van der Waals surface area (Å²) in [7, 11) is 0. The Hall–Kier alpha value is -1.69. The minimum absolute atomic E-state index is 0.200. The molecule has 0 saturated heterocycles. The fourth-order valence-electron chi connectivity index (χ4n) is 2.83. The van der Waals surface area contributed by atoms with Crippen molar-refractivity contribution < 1.29 is 22.3 Å². The molecule has 1 aliphatic heterocycles. The second kappa shape index (κ2) is 4.70. The van der Waals surface area contributed by atoms with Crippen LogP contribution < -0.4 is 10.5 Å². The fourth-order valence-corrected chi connectivity index (χ4v) is 2.83. The number of rotatable bonds is 3. The standard InChI is InChI=1S/C14H14F3NO2/c15-14(16,17)7-11-10-3-6-19-12(10)8(1-4-18)9-2-5-20-13(9)11/h2,5H,1,3-4,6-7,18H2. The van der Waals surface area contributed by atoms with Gasteiger partial charge in [0, 0.05) is 28.5 Å². The topological polar surface area (TPSA) is 48.4 Å². The molecule has 2 aromatic rings. The van der Waals surface area contributed by atoms with E-state index in [-0.39, 0.29) is 5.56 Å². The summed E-state index contributed by atoms with van der Waals surface area (Å²) in [5.74, 6) is 0.573. The molecule has 0 unspecified atom stereocenters. The molecule has 108 valence electrons. The number of ether oxygens (including phenoxy) is 1. The Morgan fingerprint density at radius 2 is 2.05 bits per heavy atom. The van der Waals surface area contributed by atoms with E-state index in [1.165, 1.54) is 6.26 Å². The average Bonchev–Trinajstić information content (AvgIpc) is 3.00. The molecule has 0 radical (unpaired) electrons. The van der Waals surface area contributed by atoms with Crippen LogP contribution in [0, 0.1) is 0 Å². The molecule has 20 heavy (non-hydrogen) atoms. The Kier molecular flexibility index (Phi) is 3.12. The molecular weight excluding hydrogens is 271 g/mol. The van der Waals surface area contributed by atoms with E-state index in [1.807, 2.05) is 0 Å². The van der Waals surface area contributed by atoms with E-state index < -0.39 is 12.6 Å². The molecule has 0 saturated carbocycles. The van der Waals surface area contributed by atoms with Gasteiger partial charge in [-0.05, 0) is 19.0 Å². The number of benzene rings is 1. The lowest BCUT2D eigenvalue weighted by molar-refractivity contribution is -0.127. The largest absolute Gasteiger partial charge is 0.493 e. The predicted molar refractivity (Wildman–Crippen MR) is 67.9 cm³/mol. The summed E-state index contributed by atoms with van der Waals surface area (Å²) in [5, 5.41) is 0.676. The van der Waals surface area contributed by atoms with Gasteiger partial charge in [-0.3, -0.25) is 0 Å². The van der Waals surface area contributed by atoms with Gasteiger partial charge in [0.15, 0.2) is 0 Å². The van der Waals surface area contributed by atoms with E-state index in [0.29, 0.717) is 48.3 Å². The second-order valence-electron chi connectivity index (χ2n) is 4.86. The fraction of sp³-hybridized carbons (Fsp3) is 0.429. The lowest BCUT2D eigenvalue weighted by Crippen LogP contribution is -2.14. The molecule has 0 aliphatic carbocycles. The van der Waals surface area contributed by atoms with Gasteiger partial charge in [-0.15, -0.1) is 0 Å².